The molecule has 2 N–H and O–H groups in total. The Morgan fingerprint density at radius 1 is 1.35 bits per heavy atom. The van der Waals surface area contributed by atoms with Crippen LogP contribution in [0.2, 0.25) is 0 Å². The van der Waals surface area contributed by atoms with Crippen molar-refractivity contribution in [2.75, 3.05) is 18.8 Å². The van der Waals surface area contributed by atoms with Gasteiger partial charge in [0.1, 0.15) is 6.04 Å². The number of thioether (sulfide) groups is 1. The van der Waals surface area contributed by atoms with Crippen molar-refractivity contribution < 1.29 is 9.59 Å². The van der Waals surface area contributed by atoms with Crippen LogP contribution in [0.25, 0.3) is 0 Å². The van der Waals surface area contributed by atoms with Crippen molar-refractivity contribution in [2.24, 2.45) is 5.73 Å². The van der Waals surface area contributed by atoms with Gasteiger partial charge in [0.15, 0.2) is 0 Å². The molecule has 2 rings (SSSR count). The Hall–Kier alpha value is -1.69. The van der Waals surface area contributed by atoms with Crippen molar-refractivity contribution in [3.05, 3.63) is 30.3 Å². The lowest BCUT2D eigenvalue weighted by Crippen LogP contribution is -2.51. The second kappa shape index (κ2) is 8.24. The zero-order chi connectivity index (χ0) is 16.8. The number of rotatable bonds is 6. The molecule has 1 aliphatic rings. The van der Waals surface area contributed by atoms with Crippen LogP contribution >= 0.6 is 11.8 Å². The molecule has 3 amide bonds. The summed E-state index contributed by atoms with van der Waals surface area (Å²) in [6.45, 7) is 5.26. The number of hydrogen-bond donors (Lipinski definition) is 1. The molecule has 126 valence electrons. The van der Waals surface area contributed by atoms with E-state index < -0.39 is 12.1 Å². The number of nitrogens with two attached hydrogens (primary N) is 1. The highest BCUT2D eigenvalue weighted by atomic mass is 32.2. The van der Waals surface area contributed by atoms with E-state index in [0.29, 0.717) is 19.5 Å². The monoisotopic (exact) mass is 335 g/mol. The fourth-order valence-corrected chi connectivity index (χ4v) is 3.75. The van der Waals surface area contributed by atoms with E-state index in [1.807, 2.05) is 36.9 Å². The number of benzene rings is 1. The summed E-state index contributed by atoms with van der Waals surface area (Å²) >= 11 is 1.73. The molecule has 1 atom stereocenters. The summed E-state index contributed by atoms with van der Waals surface area (Å²) in [4.78, 5) is 28.9. The quantitative estimate of drug-likeness (QED) is 0.813. The van der Waals surface area contributed by atoms with Gasteiger partial charge in [0.05, 0.1) is 0 Å². The van der Waals surface area contributed by atoms with Crippen molar-refractivity contribution in [1.29, 1.82) is 0 Å². The molecule has 1 fully saturated rings. The van der Waals surface area contributed by atoms with Gasteiger partial charge in [-0.05, 0) is 38.8 Å². The van der Waals surface area contributed by atoms with Gasteiger partial charge in [-0.3, -0.25) is 4.79 Å². The second-order valence-corrected chi connectivity index (χ2v) is 7.14. The van der Waals surface area contributed by atoms with Crippen LogP contribution in [0.15, 0.2) is 35.2 Å². The summed E-state index contributed by atoms with van der Waals surface area (Å²) < 4.78 is 0. The maximum absolute atomic E-state index is 12.8. The zero-order valence-corrected chi connectivity index (χ0v) is 14.6. The minimum Gasteiger partial charge on any atom is -0.351 e. The van der Waals surface area contributed by atoms with E-state index >= 15 is 0 Å². The minimum absolute atomic E-state index is 0.0185. The van der Waals surface area contributed by atoms with Crippen LogP contribution in [0.5, 0.6) is 0 Å². The van der Waals surface area contributed by atoms with Crippen LogP contribution in [0.4, 0.5) is 4.79 Å². The lowest BCUT2D eigenvalue weighted by atomic mass is 10.1. The van der Waals surface area contributed by atoms with Gasteiger partial charge in [-0.15, -0.1) is 11.8 Å². The Bertz CT molecular complexity index is 536. The molecule has 0 aliphatic carbocycles. The summed E-state index contributed by atoms with van der Waals surface area (Å²) in [6.07, 6.45) is 1.54. The number of amides is 3. The highest BCUT2D eigenvalue weighted by molar-refractivity contribution is 7.99. The van der Waals surface area contributed by atoms with Gasteiger partial charge in [-0.2, -0.15) is 0 Å². The summed E-state index contributed by atoms with van der Waals surface area (Å²) in [5.41, 5.74) is 5.39. The summed E-state index contributed by atoms with van der Waals surface area (Å²) in [5, 5.41) is 0. The van der Waals surface area contributed by atoms with Crippen LogP contribution in [0, 0.1) is 0 Å². The predicted octanol–water partition coefficient (Wildman–Crippen LogP) is 2.56. The number of carbonyl (C=O) groups excluding carboxylic acids is 2. The average Bonchev–Trinajstić information content (AvgIpc) is 3.01. The molecule has 1 heterocycles. The molecule has 0 spiro atoms. The van der Waals surface area contributed by atoms with Gasteiger partial charge in [-0.25, -0.2) is 4.79 Å². The van der Waals surface area contributed by atoms with Crippen molar-refractivity contribution in [3.8, 4) is 0 Å². The van der Waals surface area contributed by atoms with Crippen LogP contribution < -0.4 is 5.73 Å². The normalized spacial score (nSPS) is 17.5. The van der Waals surface area contributed by atoms with Crippen LogP contribution in [-0.4, -0.2) is 52.7 Å². The first-order chi connectivity index (χ1) is 11.0. The third kappa shape index (κ3) is 4.64. The lowest BCUT2D eigenvalue weighted by Gasteiger charge is -2.32. The Balaban J connectivity index is 1.95. The standard InChI is InChI=1S/C17H25N3O2S/c1-13(2)19(11-12-23-14-7-4-3-5-8-14)16(21)15-9-6-10-20(15)17(18)22/h3-5,7-8,13,15H,6,9-12H2,1-2H3,(H2,18,22)/t15-/m0/s1. The number of likely N-dealkylation sites (tertiary alicyclic amines) is 1. The molecular formula is C17H25N3O2S. The molecule has 1 aromatic carbocycles. The van der Waals surface area contributed by atoms with E-state index in [0.717, 1.165) is 12.2 Å². The SMILES string of the molecule is CC(C)N(CCSc1ccccc1)C(=O)[C@@H]1CCCN1C(N)=O. The van der Waals surface area contributed by atoms with E-state index in [1.165, 1.54) is 9.80 Å². The topological polar surface area (TPSA) is 66.6 Å². The Labute approximate surface area is 142 Å². The van der Waals surface area contributed by atoms with Gasteiger partial charge in [0.2, 0.25) is 5.91 Å². The molecule has 0 aromatic heterocycles. The maximum Gasteiger partial charge on any atom is 0.315 e. The molecule has 0 unspecified atom stereocenters. The van der Waals surface area contributed by atoms with E-state index in [9.17, 15) is 9.59 Å². The zero-order valence-electron chi connectivity index (χ0n) is 13.8. The smallest absolute Gasteiger partial charge is 0.315 e. The van der Waals surface area contributed by atoms with Gasteiger partial charge in [-0.1, -0.05) is 18.2 Å². The highest BCUT2D eigenvalue weighted by Gasteiger charge is 2.36. The van der Waals surface area contributed by atoms with E-state index in [-0.39, 0.29) is 11.9 Å². The van der Waals surface area contributed by atoms with Crippen molar-refractivity contribution in [2.45, 2.75) is 43.7 Å². The lowest BCUT2D eigenvalue weighted by molar-refractivity contribution is -0.136. The molecule has 1 aliphatic heterocycles. The third-order valence-electron chi connectivity index (χ3n) is 4.07. The second-order valence-electron chi connectivity index (χ2n) is 5.98. The van der Waals surface area contributed by atoms with Gasteiger partial charge >= 0.3 is 6.03 Å². The minimum atomic E-state index is -0.497. The van der Waals surface area contributed by atoms with Crippen molar-refractivity contribution in [3.63, 3.8) is 0 Å². The first kappa shape index (κ1) is 17.7. The number of carbonyl (C=O) groups is 2. The maximum atomic E-state index is 12.8. The summed E-state index contributed by atoms with van der Waals surface area (Å²) in [5.74, 6) is 0.849. The van der Waals surface area contributed by atoms with Crippen LogP contribution in [0.3, 0.4) is 0 Å². The summed E-state index contributed by atoms with van der Waals surface area (Å²) in [6, 6.07) is 9.37. The Kier molecular flexibility index (Phi) is 6.33. The molecule has 6 heteroatoms. The average molecular weight is 335 g/mol. The molecule has 0 saturated carbocycles. The van der Waals surface area contributed by atoms with Gasteiger partial charge < -0.3 is 15.5 Å². The molecule has 5 nitrogen and oxygen atoms in total. The molecule has 23 heavy (non-hydrogen) atoms. The molecule has 0 radical (unpaired) electrons. The summed E-state index contributed by atoms with van der Waals surface area (Å²) in [7, 11) is 0. The van der Waals surface area contributed by atoms with E-state index in [1.54, 1.807) is 11.8 Å². The number of primary amides is 1. The Morgan fingerprint density at radius 3 is 2.65 bits per heavy atom. The predicted molar refractivity (Wildman–Crippen MR) is 93.3 cm³/mol. The van der Waals surface area contributed by atoms with E-state index in [4.69, 9.17) is 5.73 Å². The molecular weight excluding hydrogens is 310 g/mol. The molecule has 1 saturated heterocycles. The largest absolute Gasteiger partial charge is 0.351 e. The molecule has 0 bridgehead atoms. The molecule has 1 aromatic rings. The van der Waals surface area contributed by atoms with Crippen LogP contribution in [0.1, 0.15) is 26.7 Å². The van der Waals surface area contributed by atoms with Gasteiger partial charge in [0, 0.05) is 29.8 Å². The van der Waals surface area contributed by atoms with Crippen LogP contribution in [-0.2, 0) is 4.79 Å². The van der Waals surface area contributed by atoms with Gasteiger partial charge in [0.25, 0.3) is 0 Å². The first-order valence-electron chi connectivity index (χ1n) is 8.05. The number of nitrogens with zero attached hydrogens (tertiary/aromatic N) is 2. The highest BCUT2D eigenvalue weighted by Crippen LogP contribution is 2.22. The number of hydrogen-bond acceptors (Lipinski definition) is 3. The van der Waals surface area contributed by atoms with Crippen molar-refractivity contribution in [1.82, 2.24) is 9.80 Å². The van der Waals surface area contributed by atoms with Crippen molar-refractivity contribution >= 4 is 23.7 Å². The Morgan fingerprint density at radius 2 is 2.04 bits per heavy atom. The fourth-order valence-electron chi connectivity index (χ4n) is 2.88. The first-order valence-corrected chi connectivity index (χ1v) is 9.03. The number of urea groups is 1. The fraction of sp³-hybridized carbons (Fsp3) is 0.529. The van der Waals surface area contributed by atoms with E-state index in [2.05, 4.69) is 12.1 Å². The third-order valence-corrected chi connectivity index (χ3v) is 5.06.